The van der Waals surface area contributed by atoms with E-state index in [1.807, 2.05) is 20.2 Å². The molecule has 3 N–H and O–H groups in total. The highest BCUT2D eigenvalue weighted by molar-refractivity contribution is 5.99. The van der Waals surface area contributed by atoms with E-state index >= 15 is 0 Å². The summed E-state index contributed by atoms with van der Waals surface area (Å²) in [6, 6.07) is 5.00. The summed E-state index contributed by atoms with van der Waals surface area (Å²) in [6.45, 7) is 2.32. The van der Waals surface area contributed by atoms with E-state index in [4.69, 9.17) is 10.5 Å². The maximum absolute atomic E-state index is 12.2. The molecule has 6 nitrogen and oxygen atoms in total. The van der Waals surface area contributed by atoms with Gasteiger partial charge >= 0.3 is 0 Å². The molecule has 1 heterocycles. The molecular formula is C14H18N4O2. The minimum Gasteiger partial charge on any atom is -0.497 e. The van der Waals surface area contributed by atoms with Crippen LogP contribution in [0.15, 0.2) is 24.4 Å². The van der Waals surface area contributed by atoms with E-state index in [-0.39, 0.29) is 5.91 Å². The largest absolute Gasteiger partial charge is 0.497 e. The number of aryl methyl sites for hydroxylation is 2. The fourth-order valence-electron chi connectivity index (χ4n) is 1.95. The molecule has 0 radical (unpaired) electrons. The van der Waals surface area contributed by atoms with Gasteiger partial charge in [-0.3, -0.25) is 9.48 Å². The number of carbonyl (C=O) groups is 1. The molecule has 2 rings (SSSR count). The predicted molar refractivity (Wildman–Crippen MR) is 76.5 cm³/mol. The second-order valence-corrected chi connectivity index (χ2v) is 4.55. The lowest BCUT2D eigenvalue weighted by Crippen LogP contribution is -2.24. The van der Waals surface area contributed by atoms with Crippen molar-refractivity contribution in [1.82, 2.24) is 15.1 Å². The predicted octanol–water partition coefficient (Wildman–Crippen LogP) is 1.25. The fraction of sp³-hybridized carbons (Fsp3) is 0.286. The van der Waals surface area contributed by atoms with Crippen LogP contribution >= 0.6 is 0 Å². The molecule has 0 saturated carbocycles. The molecule has 0 spiro atoms. The van der Waals surface area contributed by atoms with Crippen LogP contribution in [0.3, 0.4) is 0 Å². The lowest BCUT2D eigenvalue weighted by atomic mass is 10.1. The van der Waals surface area contributed by atoms with Crippen molar-refractivity contribution in [2.75, 3.05) is 12.8 Å². The molecule has 6 heteroatoms. The summed E-state index contributed by atoms with van der Waals surface area (Å²) >= 11 is 0. The summed E-state index contributed by atoms with van der Waals surface area (Å²) in [5.74, 6) is 0.367. The number of amides is 1. The van der Waals surface area contributed by atoms with Crippen LogP contribution in [-0.4, -0.2) is 22.8 Å². The van der Waals surface area contributed by atoms with Gasteiger partial charge in [0, 0.05) is 31.0 Å². The number of methoxy groups -OCH3 is 1. The first kappa shape index (κ1) is 13.9. The maximum Gasteiger partial charge on any atom is 0.253 e. The van der Waals surface area contributed by atoms with Crippen molar-refractivity contribution in [3.8, 4) is 5.75 Å². The summed E-state index contributed by atoms with van der Waals surface area (Å²) in [5.41, 5.74) is 8.52. The van der Waals surface area contributed by atoms with Crippen LogP contribution in [-0.2, 0) is 13.6 Å². The number of nitrogens with two attached hydrogens (primary N) is 1. The second kappa shape index (κ2) is 5.64. The molecule has 1 amide bonds. The average Bonchev–Trinajstić information content (AvgIpc) is 2.75. The molecule has 106 valence electrons. The van der Waals surface area contributed by atoms with Gasteiger partial charge in [-0.1, -0.05) is 0 Å². The Morgan fingerprint density at radius 2 is 2.25 bits per heavy atom. The van der Waals surface area contributed by atoms with Gasteiger partial charge < -0.3 is 15.8 Å². The lowest BCUT2D eigenvalue weighted by Gasteiger charge is -2.09. The number of nitrogens with zero attached hydrogens (tertiary/aromatic N) is 2. The van der Waals surface area contributed by atoms with E-state index in [9.17, 15) is 4.79 Å². The Kier molecular flexibility index (Phi) is 3.93. The maximum atomic E-state index is 12.2. The molecule has 0 aliphatic heterocycles. The second-order valence-electron chi connectivity index (χ2n) is 4.55. The highest BCUT2D eigenvalue weighted by atomic mass is 16.5. The SMILES string of the molecule is COc1ccc(N)c(C(=O)NCc2cn(C)nc2C)c1. The molecule has 0 aliphatic carbocycles. The van der Waals surface area contributed by atoms with E-state index < -0.39 is 0 Å². The minimum absolute atomic E-state index is 0.232. The number of anilines is 1. The van der Waals surface area contributed by atoms with Gasteiger partial charge in [0.2, 0.25) is 0 Å². The van der Waals surface area contributed by atoms with Gasteiger partial charge in [-0.2, -0.15) is 5.10 Å². The number of nitrogens with one attached hydrogen (secondary N) is 1. The van der Waals surface area contributed by atoms with Gasteiger partial charge in [0.1, 0.15) is 5.75 Å². The third-order valence-corrected chi connectivity index (χ3v) is 3.06. The summed E-state index contributed by atoms with van der Waals surface area (Å²) in [4.78, 5) is 12.2. The summed E-state index contributed by atoms with van der Waals surface area (Å²) < 4.78 is 6.82. The molecule has 1 aromatic carbocycles. The molecule has 0 fully saturated rings. The Hall–Kier alpha value is -2.50. The molecule has 0 atom stereocenters. The van der Waals surface area contributed by atoms with E-state index in [2.05, 4.69) is 10.4 Å². The summed E-state index contributed by atoms with van der Waals surface area (Å²) in [6.07, 6.45) is 1.88. The third-order valence-electron chi connectivity index (χ3n) is 3.06. The van der Waals surface area contributed by atoms with Crippen molar-refractivity contribution in [2.45, 2.75) is 13.5 Å². The molecular weight excluding hydrogens is 256 g/mol. The Morgan fingerprint density at radius 1 is 1.50 bits per heavy atom. The molecule has 2 aromatic rings. The van der Waals surface area contributed by atoms with Crippen molar-refractivity contribution in [3.63, 3.8) is 0 Å². The van der Waals surface area contributed by atoms with Crippen molar-refractivity contribution >= 4 is 11.6 Å². The number of benzene rings is 1. The number of nitrogen functional groups attached to an aromatic ring is 1. The van der Waals surface area contributed by atoms with E-state index in [1.165, 1.54) is 0 Å². The zero-order chi connectivity index (χ0) is 14.7. The van der Waals surface area contributed by atoms with Gasteiger partial charge in [-0.05, 0) is 25.1 Å². The summed E-state index contributed by atoms with van der Waals surface area (Å²) in [5, 5.41) is 7.06. The van der Waals surface area contributed by atoms with Crippen LogP contribution in [0.4, 0.5) is 5.69 Å². The fourth-order valence-corrected chi connectivity index (χ4v) is 1.95. The Morgan fingerprint density at radius 3 is 2.85 bits per heavy atom. The van der Waals surface area contributed by atoms with E-state index in [1.54, 1.807) is 30.0 Å². The number of hydrogen-bond acceptors (Lipinski definition) is 4. The smallest absolute Gasteiger partial charge is 0.253 e. The number of carbonyl (C=O) groups excluding carboxylic acids is 1. The lowest BCUT2D eigenvalue weighted by molar-refractivity contribution is 0.0951. The van der Waals surface area contributed by atoms with Crippen molar-refractivity contribution < 1.29 is 9.53 Å². The van der Waals surface area contributed by atoms with Gasteiger partial charge in [-0.25, -0.2) is 0 Å². The first-order valence-corrected chi connectivity index (χ1v) is 6.22. The van der Waals surface area contributed by atoms with Gasteiger partial charge in [0.15, 0.2) is 0 Å². The molecule has 0 bridgehead atoms. The Labute approximate surface area is 117 Å². The molecule has 0 unspecified atom stereocenters. The minimum atomic E-state index is -0.232. The first-order valence-electron chi connectivity index (χ1n) is 6.22. The van der Waals surface area contributed by atoms with Gasteiger partial charge in [0.25, 0.3) is 5.91 Å². The van der Waals surface area contributed by atoms with Crippen molar-refractivity contribution in [3.05, 3.63) is 41.2 Å². The molecule has 1 aromatic heterocycles. The average molecular weight is 274 g/mol. The van der Waals surface area contributed by atoms with Gasteiger partial charge in [-0.15, -0.1) is 0 Å². The number of hydrogen-bond donors (Lipinski definition) is 2. The number of aromatic nitrogens is 2. The van der Waals surface area contributed by atoms with E-state index in [0.29, 0.717) is 23.5 Å². The van der Waals surface area contributed by atoms with Crippen LogP contribution in [0.25, 0.3) is 0 Å². The third kappa shape index (κ3) is 2.90. The Bertz CT molecular complexity index is 634. The van der Waals surface area contributed by atoms with Crippen molar-refractivity contribution in [1.29, 1.82) is 0 Å². The molecule has 20 heavy (non-hydrogen) atoms. The van der Waals surface area contributed by atoms with E-state index in [0.717, 1.165) is 11.3 Å². The highest BCUT2D eigenvalue weighted by Gasteiger charge is 2.12. The highest BCUT2D eigenvalue weighted by Crippen LogP contribution is 2.19. The quantitative estimate of drug-likeness (QED) is 0.822. The number of rotatable bonds is 4. The standard InChI is InChI=1S/C14H18N4O2/c1-9-10(8-18(2)17-9)7-16-14(19)12-6-11(20-3)4-5-13(12)15/h4-6,8H,7,15H2,1-3H3,(H,16,19). The summed E-state index contributed by atoms with van der Waals surface area (Å²) in [7, 11) is 3.39. The monoisotopic (exact) mass is 274 g/mol. The van der Waals surface area contributed by atoms with Crippen LogP contribution in [0.5, 0.6) is 5.75 Å². The Balaban J connectivity index is 2.10. The van der Waals surface area contributed by atoms with Crippen LogP contribution in [0.2, 0.25) is 0 Å². The molecule has 0 aliphatic rings. The first-order chi connectivity index (χ1) is 9.51. The number of ether oxygens (including phenoxy) is 1. The van der Waals surface area contributed by atoms with Crippen molar-refractivity contribution in [2.24, 2.45) is 7.05 Å². The zero-order valence-corrected chi connectivity index (χ0v) is 11.8. The van der Waals surface area contributed by atoms with Crippen LogP contribution < -0.4 is 15.8 Å². The zero-order valence-electron chi connectivity index (χ0n) is 11.8. The molecule has 0 saturated heterocycles. The van der Waals surface area contributed by atoms with Gasteiger partial charge in [0.05, 0.1) is 18.4 Å². The van der Waals surface area contributed by atoms with Crippen LogP contribution in [0, 0.1) is 6.92 Å². The normalized spacial score (nSPS) is 10.3. The topological polar surface area (TPSA) is 82.2 Å². The van der Waals surface area contributed by atoms with Crippen LogP contribution in [0.1, 0.15) is 21.6 Å².